The maximum absolute atomic E-state index is 8.48. The molecule has 0 aromatic rings. The second-order valence-electron chi connectivity index (χ2n) is 2.31. The number of ether oxygens (including phenoxy) is 1. The summed E-state index contributed by atoms with van der Waals surface area (Å²) in [5, 5.41) is 8.48. The van der Waals surface area contributed by atoms with Crippen LogP contribution < -0.4 is 5.73 Å². The van der Waals surface area contributed by atoms with Gasteiger partial charge in [0, 0.05) is 6.42 Å². The molecule has 0 bridgehead atoms. The van der Waals surface area contributed by atoms with Crippen LogP contribution in [0.4, 0.5) is 0 Å². The van der Waals surface area contributed by atoms with Crippen molar-refractivity contribution in [3.05, 3.63) is 11.5 Å². The molecule has 1 heterocycles. The van der Waals surface area contributed by atoms with Crippen LogP contribution >= 0.6 is 0 Å². The Kier molecular flexibility index (Phi) is 1.81. The van der Waals surface area contributed by atoms with Crippen LogP contribution in [0.25, 0.3) is 0 Å². The zero-order chi connectivity index (χ0) is 7.56. The number of hydrogen-bond acceptors (Lipinski definition) is 3. The predicted octanol–water partition coefficient (Wildman–Crippen LogP) is 0.879. The molecule has 1 aliphatic rings. The normalized spacial score (nSPS) is 24.2. The maximum Gasteiger partial charge on any atom is 0.198 e. The summed E-state index contributed by atoms with van der Waals surface area (Å²) >= 11 is 0. The Bertz CT molecular complexity index is 202. The minimum atomic E-state index is 0.134. The summed E-state index contributed by atoms with van der Waals surface area (Å²) < 4.78 is 5.15. The van der Waals surface area contributed by atoms with Gasteiger partial charge in [-0.1, -0.05) is 6.92 Å². The Labute approximate surface area is 60.1 Å². The molecule has 3 nitrogen and oxygen atoms in total. The molecule has 10 heavy (non-hydrogen) atoms. The molecule has 2 N–H and O–H groups in total. The average Bonchev–Trinajstić information content (AvgIpc) is 2.30. The van der Waals surface area contributed by atoms with E-state index >= 15 is 0 Å². The lowest BCUT2D eigenvalue weighted by Crippen LogP contribution is -2.06. The van der Waals surface area contributed by atoms with Gasteiger partial charge in [0.2, 0.25) is 0 Å². The minimum absolute atomic E-state index is 0.134. The standard InChI is InChI=1S/C7H10N2O/c1-2-6-3-5(4-8)7(9)10-6/h6H,2-3,9H2,1H3. The number of rotatable bonds is 1. The van der Waals surface area contributed by atoms with Gasteiger partial charge in [-0.2, -0.15) is 5.26 Å². The van der Waals surface area contributed by atoms with Crippen molar-refractivity contribution in [3.63, 3.8) is 0 Å². The van der Waals surface area contributed by atoms with E-state index in [1.165, 1.54) is 0 Å². The van der Waals surface area contributed by atoms with Gasteiger partial charge in [-0.25, -0.2) is 0 Å². The summed E-state index contributed by atoms with van der Waals surface area (Å²) in [4.78, 5) is 0. The maximum atomic E-state index is 8.48. The lowest BCUT2D eigenvalue weighted by atomic mass is 10.1. The van der Waals surface area contributed by atoms with Crippen LogP contribution in [-0.2, 0) is 4.74 Å². The van der Waals surface area contributed by atoms with Crippen molar-refractivity contribution in [2.24, 2.45) is 5.73 Å². The van der Waals surface area contributed by atoms with Gasteiger partial charge in [-0.15, -0.1) is 0 Å². The lowest BCUT2D eigenvalue weighted by molar-refractivity contribution is 0.138. The highest BCUT2D eigenvalue weighted by Crippen LogP contribution is 2.22. The highest BCUT2D eigenvalue weighted by Gasteiger charge is 2.21. The molecule has 0 aliphatic carbocycles. The summed E-state index contributed by atoms with van der Waals surface area (Å²) in [6.07, 6.45) is 1.72. The Morgan fingerprint density at radius 2 is 2.60 bits per heavy atom. The fraction of sp³-hybridized carbons (Fsp3) is 0.571. The molecule has 1 unspecified atom stereocenters. The first-order valence-electron chi connectivity index (χ1n) is 3.33. The minimum Gasteiger partial charge on any atom is -0.475 e. The van der Waals surface area contributed by atoms with Crippen LogP contribution in [0.2, 0.25) is 0 Å². The van der Waals surface area contributed by atoms with Gasteiger partial charge in [0.05, 0.1) is 5.57 Å². The SMILES string of the molecule is CCC1CC(C#N)=C(N)O1. The van der Waals surface area contributed by atoms with Gasteiger partial charge in [-0.3, -0.25) is 0 Å². The van der Waals surface area contributed by atoms with Gasteiger partial charge >= 0.3 is 0 Å². The van der Waals surface area contributed by atoms with Crippen molar-refractivity contribution in [1.82, 2.24) is 0 Å². The van der Waals surface area contributed by atoms with Crippen LogP contribution in [-0.4, -0.2) is 6.10 Å². The number of nitriles is 1. The smallest absolute Gasteiger partial charge is 0.198 e. The average molecular weight is 138 g/mol. The first kappa shape index (κ1) is 6.94. The number of hydrogen-bond donors (Lipinski definition) is 1. The quantitative estimate of drug-likeness (QED) is 0.585. The van der Waals surface area contributed by atoms with Crippen LogP contribution in [0.1, 0.15) is 19.8 Å². The third kappa shape index (κ3) is 1.06. The Morgan fingerprint density at radius 1 is 1.90 bits per heavy atom. The molecule has 3 heteroatoms. The molecule has 0 fully saturated rings. The zero-order valence-electron chi connectivity index (χ0n) is 5.92. The molecule has 54 valence electrons. The van der Waals surface area contributed by atoms with E-state index in [1.54, 1.807) is 0 Å². The highest BCUT2D eigenvalue weighted by atomic mass is 16.5. The van der Waals surface area contributed by atoms with E-state index in [1.807, 2.05) is 13.0 Å². The molecule has 0 spiro atoms. The first-order valence-corrected chi connectivity index (χ1v) is 3.33. The van der Waals surface area contributed by atoms with Gasteiger partial charge < -0.3 is 10.5 Å². The molecule has 0 saturated carbocycles. The molecule has 1 aliphatic heterocycles. The van der Waals surface area contributed by atoms with E-state index in [4.69, 9.17) is 15.7 Å². The molecule has 0 amide bonds. The molecule has 0 aromatic carbocycles. The van der Waals surface area contributed by atoms with Crippen molar-refractivity contribution in [2.75, 3.05) is 0 Å². The molecule has 1 rings (SSSR count). The molecule has 0 saturated heterocycles. The summed E-state index contributed by atoms with van der Waals surface area (Å²) in [6, 6.07) is 2.01. The topological polar surface area (TPSA) is 59.0 Å². The van der Waals surface area contributed by atoms with E-state index in [2.05, 4.69) is 0 Å². The Morgan fingerprint density at radius 3 is 2.90 bits per heavy atom. The van der Waals surface area contributed by atoms with Crippen molar-refractivity contribution in [1.29, 1.82) is 5.26 Å². The van der Waals surface area contributed by atoms with Gasteiger partial charge in [-0.05, 0) is 6.42 Å². The molecule has 1 atom stereocenters. The van der Waals surface area contributed by atoms with Crippen molar-refractivity contribution in [3.8, 4) is 6.07 Å². The van der Waals surface area contributed by atoms with Crippen molar-refractivity contribution in [2.45, 2.75) is 25.9 Å². The molecule has 0 aromatic heterocycles. The van der Waals surface area contributed by atoms with E-state index in [0.29, 0.717) is 17.9 Å². The predicted molar refractivity (Wildman–Crippen MR) is 36.6 cm³/mol. The first-order chi connectivity index (χ1) is 4.77. The third-order valence-corrected chi connectivity index (χ3v) is 1.61. The highest BCUT2D eigenvalue weighted by molar-refractivity contribution is 5.26. The third-order valence-electron chi connectivity index (χ3n) is 1.61. The van der Waals surface area contributed by atoms with Crippen LogP contribution in [0.15, 0.2) is 11.5 Å². The molecular weight excluding hydrogens is 128 g/mol. The summed E-state index contributed by atoms with van der Waals surface area (Å²) in [7, 11) is 0. The van der Waals surface area contributed by atoms with Crippen LogP contribution in [0, 0.1) is 11.3 Å². The second-order valence-corrected chi connectivity index (χ2v) is 2.31. The van der Waals surface area contributed by atoms with Gasteiger partial charge in [0.1, 0.15) is 12.2 Å². The lowest BCUT2D eigenvalue weighted by Gasteiger charge is -2.05. The van der Waals surface area contributed by atoms with E-state index in [-0.39, 0.29) is 6.10 Å². The fourth-order valence-electron chi connectivity index (χ4n) is 0.949. The monoisotopic (exact) mass is 138 g/mol. The number of nitrogens with two attached hydrogens (primary N) is 1. The van der Waals surface area contributed by atoms with Crippen molar-refractivity contribution < 1.29 is 4.74 Å². The summed E-state index contributed by atoms with van der Waals surface area (Å²) in [5.74, 6) is 0.314. The second kappa shape index (κ2) is 2.61. The van der Waals surface area contributed by atoms with E-state index < -0.39 is 0 Å². The van der Waals surface area contributed by atoms with E-state index in [0.717, 1.165) is 6.42 Å². The number of nitrogens with zero attached hydrogens (tertiary/aromatic N) is 1. The summed E-state index contributed by atoms with van der Waals surface area (Å²) in [6.45, 7) is 2.01. The molecule has 0 radical (unpaired) electrons. The van der Waals surface area contributed by atoms with Crippen molar-refractivity contribution >= 4 is 0 Å². The Hall–Kier alpha value is -1.17. The Balaban J connectivity index is 2.61. The zero-order valence-corrected chi connectivity index (χ0v) is 5.92. The largest absolute Gasteiger partial charge is 0.475 e. The summed E-state index contributed by atoms with van der Waals surface area (Å²) in [5.41, 5.74) is 5.98. The fourth-order valence-corrected chi connectivity index (χ4v) is 0.949. The van der Waals surface area contributed by atoms with Crippen LogP contribution in [0.5, 0.6) is 0 Å². The van der Waals surface area contributed by atoms with Gasteiger partial charge in [0.25, 0.3) is 0 Å². The van der Waals surface area contributed by atoms with E-state index in [9.17, 15) is 0 Å². The van der Waals surface area contributed by atoms with Crippen LogP contribution in [0.3, 0.4) is 0 Å². The molecular formula is C7H10N2O. The van der Waals surface area contributed by atoms with Gasteiger partial charge in [0.15, 0.2) is 5.88 Å².